The van der Waals surface area contributed by atoms with Gasteiger partial charge in [0.1, 0.15) is 11.8 Å². The van der Waals surface area contributed by atoms with Gasteiger partial charge in [-0.05, 0) is 31.0 Å². The summed E-state index contributed by atoms with van der Waals surface area (Å²) in [5, 5.41) is 3.00. The Morgan fingerprint density at radius 3 is 2.57 bits per heavy atom. The highest BCUT2D eigenvalue weighted by Gasteiger charge is 2.30. The number of amides is 1. The minimum atomic E-state index is -0.881. The van der Waals surface area contributed by atoms with E-state index in [0.29, 0.717) is 12.2 Å². The standard InChI is InChI=1S/C17H22N2O2/c1-3-11-17(2,18)16(20)19-15(14-10-7-12-21-14)13-8-5-4-6-9-13/h4-10,12,15H,3,11,18H2,1-2H3,(H,19,20). The Labute approximate surface area is 125 Å². The zero-order chi connectivity index (χ0) is 15.3. The predicted molar refractivity (Wildman–Crippen MR) is 82.6 cm³/mol. The number of rotatable bonds is 6. The van der Waals surface area contributed by atoms with E-state index in [2.05, 4.69) is 5.32 Å². The Hall–Kier alpha value is -2.07. The first-order chi connectivity index (χ1) is 10.0. The molecule has 0 aliphatic heterocycles. The van der Waals surface area contributed by atoms with E-state index in [1.54, 1.807) is 13.2 Å². The number of furan rings is 1. The fourth-order valence-electron chi connectivity index (χ4n) is 2.35. The van der Waals surface area contributed by atoms with Gasteiger partial charge in [0.2, 0.25) is 5.91 Å². The van der Waals surface area contributed by atoms with Crippen LogP contribution in [-0.4, -0.2) is 11.4 Å². The first-order valence-electron chi connectivity index (χ1n) is 7.23. The van der Waals surface area contributed by atoms with Crippen LogP contribution in [-0.2, 0) is 4.79 Å². The van der Waals surface area contributed by atoms with E-state index < -0.39 is 5.54 Å². The molecule has 0 saturated carbocycles. The average molecular weight is 286 g/mol. The van der Waals surface area contributed by atoms with Crippen molar-refractivity contribution in [3.05, 3.63) is 60.1 Å². The Morgan fingerprint density at radius 1 is 1.29 bits per heavy atom. The second kappa shape index (κ2) is 6.59. The van der Waals surface area contributed by atoms with Crippen LogP contribution in [0.15, 0.2) is 53.1 Å². The number of hydrogen-bond acceptors (Lipinski definition) is 3. The van der Waals surface area contributed by atoms with Gasteiger partial charge in [-0.1, -0.05) is 43.7 Å². The van der Waals surface area contributed by atoms with E-state index >= 15 is 0 Å². The maximum absolute atomic E-state index is 12.5. The summed E-state index contributed by atoms with van der Waals surface area (Å²) in [5.41, 5.74) is 6.19. The lowest BCUT2D eigenvalue weighted by atomic mass is 9.95. The number of hydrogen-bond donors (Lipinski definition) is 2. The number of nitrogens with one attached hydrogen (secondary N) is 1. The lowest BCUT2D eigenvalue weighted by Crippen LogP contribution is -2.52. The van der Waals surface area contributed by atoms with E-state index in [1.807, 2.05) is 49.4 Å². The van der Waals surface area contributed by atoms with Crippen molar-refractivity contribution >= 4 is 5.91 Å². The number of carbonyl (C=O) groups is 1. The van der Waals surface area contributed by atoms with Crippen molar-refractivity contribution < 1.29 is 9.21 Å². The van der Waals surface area contributed by atoms with Crippen LogP contribution in [0.2, 0.25) is 0 Å². The highest BCUT2D eigenvalue weighted by Crippen LogP contribution is 2.23. The van der Waals surface area contributed by atoms with Gasteiger partial charge in [-0.2, -0.15) is 0 Å². The molecule has 1 aromatic carbocycles. The molecule has 0 fully saturated rings. The molecule has 2 rings (SSSR count). The van der Waals surface area contributed by atoms with Crippen molar-refractivity contribution in [2.75, 3.05) is 0 Å². The monoisotopic (exact) mass is 286 g/mol. The summed E-state index contributed by atoms with van der Waals surface area (Å²) in [7, 11) is 0. The van der Waals surface area contributed by atoms with E-state index in [1.165, 1.54) is 0 Å². The molecule has 21 heavy (non-hydrogen) atoms. The summed E-state index contributed by atoms with van der Waals surface area (Å²) in [5.74, 6) is 0.524. The van der Waals surface area contributed by atoms with Gasteiger partial charge >= 0.3 is 0 Å². The molecule has 0 aliphatic carbocycles. The van der Waals surface area contributed by atoms with Gasteiger partial charge in [0.05, 0.1) is 11.8 Å². The molecule has 4 heteroatoms. The first kappa shape index (κ1) is 15.3. The van der Waals surface area contributed by atoms with Crippen molar-refractivity contribution in [2.45, 2.75) is 38.3 Å². The normalized spacial score (nSPS) is 15.2. The Balaban J connectivity index is 2.24. The van der Waals surface area contributed by atoms with Gasteiger partial charge < -0.3 is 15.5 Å². The summed E-state index contributed by atoms with van der Waals surface area (Å²) in [6, 6.07) is 13.1. The summed E-state index contributed by atoms with van der Waals surface area (Å²) >= 11 is 0. The molecule has 112 valence electrons. The Bertz CT molecular complexity index is 562. The third-order valence-corrected chi connectivity index (χ3v) is 3.52. The number of nitrogens with two attached hydrogens (primary N) is 1. The number of benzene rings is 1. The predicted octanol–water partition coefficient (Wildman–Crippen LogP) is 3.00. The molecular formula is C17H22N2O2. The SMILES string of the molecule is CCCC(C)(N)C(=O)NC(c1ccccc1)c1ccco1. The molecule has 3 N–H and O–H groups in total. The van der Waals surface area contributed by atoms with E-state index in [0.717, 1.165) is 12.0 Å². The third-order valence-electron chi connectivity index (χ3n) is 3.52. The van der Waals surface area contributed by atoms with E-state index in [-0.39, 0.29) is 11.9 Å². The lowest BCUT2D eigenvalue weighted by molar-refractivity contribution is -0.126. The van der Waals surface area contributed by atoms with Crippen LogP contribution in [0.4, 0.5) is 0 Å². The summed E-state index contributed by atoms with van der Waals surface area (Å²) in [6.45, 7) is 3.77. The fourth-order valence-corrected chi connectivity index (χ4v) is 2.35. The Morgan fingerprint density at radius 2 is 2.00 bits per heavy atom. The molecule has 4 nitrogen and oxygen atoms in total. The quantitative estimate of drug-likeness (QED) is 0.857. The van der Waals surface area contributed by atoms with Crippen LogP contribution in [0.3, 0.4) is 0 Å². The minimum Gasteiger partial charge on any atom is -0.467 e. The summed E-state index contributed by atoms with van der Waals surface area (Å²) < 4.78 is 5.47. The van der Waals surface area contributed by atoms with Crippen molar-refractivity contribution in [3.63, 3.8) is 0 Å². The van der Waals surface area contributed by atoms with Crippen molar-refractivity contribution in [1.82, 2.24) is 5.32 Å². The van der Waals surface area contributed by atoms with Crippen molar-refractivity contribution in [1.29, 1.82) is 0 Å². The maximum Gasteiger partial charge on any atom is 0.240 e. The third kappa shape index (κ3) is 3.73. The molecule has 0 radical (unpaired) electrons. The molecular weight excluding hydrogens is 264 g/mol. The minimum absolute atomic E-state index is 0.172. The maximum atomic E-state index is 12.5. The van der Waals surface area contributed by atoms with Gasteiger partial charge in [-0.15, -0.1) is 0 Å². The second-order valence-electron chi connectivity index (χ2n) is 5.50. The van der Waals surface area contributed by atoms with Gasteiger partial charge in [0.15, 0.2) is 0 Å². The smallest absolute Gasteiger partial charge is 0.240 e. The lowest BCUT2D eigenvalue weighted by Gasteiger charge is -2.26. The summed E-state index contributed by atoms with van der Waals surface area (Å²) in [4.78, 5) is 12.5. The van der Waals surface area contributed by atoms with Crippen LogP contribution < -0.4 is 11.1 Å². The average Bonchev–Trinajstić information content (AvgIpc) is 2.99. The molecule has 1 heterocycles. The molecule has 0 bridgehead atoms. The summed E-state index contributed by atoms with van der Waals surface area (Å²) in [6.07, 6.45) is 3.10. The number of carbonyl (C=O) groups excluding carboxylic acids is 1. The molecule has 1 amide bonds. The zero-order valence-corrected chi connectivity index (χ0v) is 12.5. The van der Waals surface area contributed by atoms with Gasteiger partial charge in [-0.3, -0.25) is 4.79 Å². The van der Waals surface area contributed by atoms with Crippen molar-refractivity contribution in [3.8, 4) is 0 Å². The van der Waals surface area contributed by atoms with Crippen LogP contribution in [0.5, 0.6) is 0 Å². The van der Waals surface area contributed by atoms with Gasteiger partial charge in [-0.25, -0.2) is 0 Å². The highest BCUT2D eigenvalue weighted by atomic mass is 16.3. The topological polar surface area (TPSA) is 68.3 Å². The molecule has 2 aromatic rings. The van der Waals surface area contributed by atoms with Crippen LogP contribution in [0.1, 0.15) is 44.1 Å². The Kier molecular flexibility index (Phi) is 4.81. The second-order valence-corrected chi connectivity index (χ2v) is 5.50. The first-order valence-corrected chi connectivity index (χ1v) is 7.23. The van der Waals surface area contributed by atoms with Crippen LogP contribution in [0, 0.1) is 0 Å². The van der Waals surface area contributed by atoms with Crippen LogP contribution >= 0.6 is 0 Å². The molecule has 1 aromatic heterocycles. The molecule has 0 spiro atoms. The molecule has 2 atom stereocenters. The highest BCUT2D eigenvalue weighted by molar-refractivity contribution is 5.86. The van der Waals surface area contributed by atoms with E-state index in [4.69, 9.17) is 10.2 Å². The van der Waals surface area contributed by atoms with Crippen molar-refractivity contribution in [2.24, 2.45) is 5.73 Å². The largest absolute Gasteiger partial charge is 0.467 e. The molecule has 2 unspecified atom stereocenters. The fraction of sp³-hybridized carbons (Fsp3) is 0.353. The molecule has 0 saturated heterocycles. The van der Waals surface area contributed by atoms with Gasteiger partial charge in [0, 0.05) is 0 Å². The zero-order valence-electron chi connectivity index (χ0n) is 12.5. The van der Waals surface area contributed by atoms with Gasteiger partial charge in [0.25, 0.3) is 0 Å². The van der Waals surface area contributed by atoms with Crippen LogP contribution in [0.25, 0.3) is 0 Å². The van der Waals surface area contributed by atoms with E-state index in [9.17, 15) is 4.79 Å². The molecule has 0 aliphatic rings.